The molecule has 0 aliphatic carbocycles. The Morgan fingerprint density at radius 3 is 2.27 bits per heavy atom. The summed E-state index contributed by atoms with van der Waals surface area (Å²) in [6.45, 7) is 7.63. The molecule has 9 nitrogen and oxygen atoms in total. The van der Waals surface area contributed by atoms with Crippen LogP contribution in [0.15, 0.2) is 4.99 Å². The summed E-state index contributed by atoms with van der Waals surface area (Å²) in [5.41, 5.74) is -0.534. The molecule has 0 saturated carbocycles. The van der Waals surface area contributed by atoms with Gasteiger partial charge < -0.3 is 20.7 Å². The van der Waals surface area contributed by atoms with Crippen molar-refractivity contribution in [3.05, 3.63) is 0 Å². The molecule has 1 fully saturated rings. The van der Waals surface area contributed by atoms with Gasteiger partial charge in [0.05, 0.1) is 5.75 Å². The number of carbonyl (C=O) groups excluding carboxylic acids is 1. The number of nitrogens with zero attached hydrogens (tertiary/aromatic N) is 2. The van der Waals surface area contributed by atoms with E-state index >= 15 is 0 Å². The van der Waals surface area contributed by atoms with Crippen molar-refractivity contribution in [1.29, 1.82) is 0 Å². The Bertz CT molecular complexity index is 569. The molecule has 152 valence electrons. The first-order valence-corrected chi connectivity index (χ1v) is 11.4. The van der Waals surface area contributed by atoms with Gasteiger partial charge in [0, 0.05) is 51.3 Å². The van der Waals surface area contributed by atoms with Gasteiger partial charge >= 0.3 is 6.09 Å². The molecule has 1 saturated heterocycles. The molecular formula is C15H31N5O4S2. The van der Waals surface area contributed by atoms with Gasteiger partial charge in [0.2, 0.25) is 10.0 Å². The maximum absolute atomic E-state index is 12.3. The standard InChI is InChI=1S/C15H31N5O4S2/c1-15(2,3)24-14(21)19-6-5-17-13(16-4)18-7-12-26(22,23)20-8-10-25-11-9-20/h5-12H2,1-4H3,(H,19,21)(H2,16,17,18). The van der Waals surface area contributed by atoms with Gasteiger partial charge in [-0.25, -0.2) is 17.5 Å². The predicted octanol–water partition coefficient (Wildman–Crippen LogP) is 0.0547. The molecule has 0 aromatic rings. The molecule has 0 unspecified atom stereocenters. The minimum Gasteiger partial charge on any atom is -0.444 e. The number of nitrogens with one attached hydrogen (secondary N) is 3. The van der Waals surface area contributed by atoms with E-state index in [1.165, 1.54) is 0 Å². The van der Waals surface area contributed by atoms with Crippen LogP contribution in [0.2, 0.25) is 0 Å². The monoisotopic (exact) mass is 409 g/mol. The molecular weight excluding hydrogens is 378 g/mol. The summed E-state index contributed by atoms with van der Waals surface area (Å²) in [7, 11) is -1.64. The van der Waals surface area contributed by atoms with Crippen LogP contribution < -0.4 is 16.0 Å². The van der Waals surface area contributed by atoms with Gasteiger partial charge in [-0.1, -0.05) is 0 Å². The molecule has 0 atom stereocenters. The number of hydrogen-bond donors (Lipinski definition) is 3. The summed E-state index contributed by atoms with van der Waals surface area (Å²) in [6, 6.07) is 0. The van der Waals surface area contributed by atoms with Crippen molar-refractivity contribution in [2.45, 2.75) is 26.4 Å². The first-order valence-electron chi connectivity index (χ1n) is 8.61. The average Bonchev–Trinajstić information content (AvgIpc) is 2.56. The van der Waals surface area contributed by atoms with Crippen molar-refractivity contribution in [2.24, 2.45) is 4.99 Å². The lowest BCUT2D eigenvalue weighted by Crippen LogP contribution is -2.45. The normalized spacial score (nSPS) is 16.8. The number of guanidine groups is 1. The van der Waals surface area contributed by atoms with E-state index in [-0.39, 0.29) is 12.3 Å². The highest BCUT2D eigenvalue weighted by atomic mass is 32.2. The van der Waals surface area contributed by atoms with E-state index in [0.717, 1.165) is 11.5 Å². The van der Waals surface area contributed by atoms with Crippen molar-refractivity contribution < 1.29 is 17.9 Å². The smallest absolute Gasteiger partial charge is 0.407 e. The summed E-state index contributed by atoms with van der Waals surface area (Å²) in [6.07, 6.45) is -0.479. The zero-order valence-corrected chi connectivity index (χ0v) is 17.6. The fraction of sp³-hybridized carbons (Fsp3) is 0.867. The van der Waals surface area contributed by atoms with E-state index < -0.39 is 21.7 Å². The van der Waals surface area contributed by atoms with Gasteiger partial charge in [0.25, 0.3) is 0 Å². The summed E-state index contributed by atoms with van der Waals surface area (Å²) in [5.74, 6) is 2.20. The maximum Gasteiger partial charge on any atom is 0.407 e. The van der Waals surface area contributed by atoms with E-state index in [0.29, 0.717) is 32.1 Å². The molecule has 1 aliphatic heterocycles. The van der Waals surface area contributed by atoms with E-state index in [1.54, 1.807) is 43.9 Å². The SMILES string of the molecule is CN=C(NCCNC(=O)OC(C)(C)C)NCCS(=O)(=O)N1CCSCC1. The zero-order valence-electron chi connectivity index (χ0n) is 16.0. The Balaban J connectivity index is 2.23. The molecule has 0 spiro atoms. The second-order valence-corrected chi connectivity index (χ2v) is 10.00. The van der Waals surface area contributed by atoms with Crippen molar-refractivity contribution in [3.8, 4) is 0 Å². The molecule has 0 aromatic heterocycles. The van der Waals surface area contributed by atoms with Crippen LogP contribution in [0, 0.1) is 0 Å². The van der Waals surface area contributed by atoms with Crippen LogP contribution in [0.1, 0.15) is 20.8 Å². The number of sulfonamides is 1. The van der Waals surface area contributed by atoms with Crippen LogP contribution in [0.25, 0.3) is 0 Å². The topological polar surface area (TPSA) is 112 Å². The number of carbonyl (C=O) groups is 1. The molecule has 11 heteroatoms. The van der Waals surface area contributed by atoms with Crippen LogP contribution >= 0.6 is 11.8 Å². The molecule has 26 heavy (non-hydrogen) atoms. The molecule has 1 amide bonds. The van der Waals surface area contributed by atoms with E-state index in [1.807, 2.05) is 0 Å². The molecule has 0 radical (unpaired) electrons. The van der Waals surface area contributed by atoms with Crippen molar-refractivity contribution in [1.82, 2.24) is 20.3 Å². The first kappa shape index (κ1) is 22.8. The van der Waals surface area contributed by atoms with Gasteiger partial charge in [0.15, 0.2) is 5.96 Å². The first-order chi connectivity index (χ1) is 12.1. The fourth-order valence-electron chi connectivity index (χ4n) is 2.13. The minimum absolute atomic E-state index is 0.0223. The molecule has 0 bridgehead atoms. The molecule has 1 aliphatic rings. The van der Waals surface area contributed by atoms with Crippen LogP contribution in [0.5, 0.6) is 0 Å². The second kappa shape index (κ2) is 10.8. The Kier molecular flexibility index (Phi) is 9.51. The number of hydrogen-bond acceptors (Lipinski definition) is 6. The highest BCUT2D eigenvalue weighted by molar-refractivity contribution is 7.99. The zero-order chi connectivity index (χ0) is 19.6. The summed E-state index contributed by atoms with van der Waals surface area (Å²) < 4.78 is 31.2. The molecule has 1 heterocycles. The third-order valence-electron chi connectivity index (χ3n) is 3.33. The van der Waals surface area contributed by atoms with Gasteiger partial charge in [-0.15, -0.1) is 0 Å². The molecule has 1 rings (SSSR count). The number of thioether (sulfide) groups is 1. The van der Waals surface area contributed by atoms with E-state index in [4.69, 9.17) is 4.74 Å². The summed E-state index contributed by atoms with van der Waals surface area (Å²) in [5, 5.41) is 8.62. The van der Waals surface area contributed by atoms with Crippen molar-refractivity contribution >= 4 is 33.8 Å². The number of ether oxygens (including phenoxy) is 1. The highest BCUT2D eigenvalue weighted by Gasteiger charge is 2.23. The maximum atomic E-state index is 12.3. The van der Waals surface area contributed by atoms with Gasteiger partial charge in [-0.2, -0.15) is 11.8 Å². The third kappa shape index (κ3) is 9.48. The largest absolute Gasteiger partial charge is 0.444 e. The minimum atomic E-state index is -3.24. The average molecular weight is 410 g/mol. The third-order valence-corrected chi connectivity index (χ3v) is 6.14. The predicted molar refractivity (Wildman–Crippen MR) is 106 cm³/mol. The quantitative estimate of drug-likeness (QED) is 0.309. The van der Waals surface area contributed by atoms with E-state index in [9.17, 15) is 13.2 Å². The van der Waals surface area contributed by atoms with Gasteiger partial charge in [-0.3, -0.25) is 4.99 Å². The van der Waals surface area contributed by atoms with Crippen molar-refractivity contribution in [3.63, 3.8) is 0 Å². The second-order valence-electron chi connectivity index (χ2n) is 6.68. The lowest BCUT2D eigenvalue weighted by molar-refractivity contribution is 0.0529. The lowest BCUT2D eigenvalue weighted by Gasteiger charge is -2.25. The number of alkyl carbamates (subject to hydrolysis) is 1. The Morgan fingerprint density at radius 2 is 1.69 bits per heavy atom. The van der Waals surface area contributed by atoms with Gasteiger partial charge in [0.1, 0.15) is 5.60 Å². The van der Waals surface area contributed by atoms with Crippen LogP contribution in [-0.2, 0) is 14.8 Å². The Labute approximate surface area is 160 Å². The Morgan fingerprint density at radius 1 is 1.12 bits per heavy atom. The van der Waals surface area contributed by atoms with Crippen LogP contribution in [0.4, 0.5) is 4.79 Å². The number of amides is 1. The molecule has 3 N–H and O–H groups in total. The number of rotatable bonds is 7. The van der Waals surface area contributed by atoms with Crippen molar-refractivity contribution in [2.75, 3.05) is 57.0 Å². The summed E-state index contributed by atoms with van der Waals surface area (Å²) >= 11 is 1.77. The number of aliphatic imine (C=N–C) groups is 1. The highest BCUT2D eigenvalue weighted by Crippen LogP contribution is 2.12. The van der Waals surface area contributed by atoms with Crippen LogP contribution in [-0.4, -0.2) is 87.4 Å². The van der Waals surface area contributed by atoms with Gasteiger partial charge in [-0.05, 0) is 20.8 Å². The fourth-order valence-corrected chi connectivity index (χ4v) is 4.62. The Hall–Kier alpha value is -1.20. The lowest BCUT2D eigenvalue weighted by atomic mass is 10.2. The molecule has 0 aromatic carbocycles. The van der Waals surface area contributed by atoms with Crippen LogP contribution in [0.3, 0.4) is 0 Å². The van der Waals surface area contributed by atoms with E-state index in [2.05, 4.69) is 20.9 Å². The summed E-state index contributed by atoms with van der Waals surface area (Å²) in [4.78, 5) is 15.6.